The number of nitrogens with zero attached hydrogens (tertiary/aromatic N) is 2. The van der Waals surface area contributed by atoms with E-state index in [1.165, 1.54) is 0 Å². The van der Waals surface area contributed by atoms with Crippen LogP contribution in [0, 0.1) is 0 Å². The Morgan fingerprint density at radius 3 is 2.27 bits per heavy atom. The number of rotatable bonds is 5. The average Bonchev–Trinajstić information content (AvgIpc) is 3.09. The van der Waals surface area contributed by atoms with Gasteiger partial charge in [-0.05, 0) is 36.6 Å². The number of aromatic amines is 1. The molecule has 0 atom stereocenters. The lowest BCUT2D eigenvalue weighted by atomic mass is 9.87. The van der Waals surface area contributed by atoms with Crippen LogP contribution in [0.15, 0.2) is 36.7 Å². The van der Waals surface area contributed by atoms with Crippen molar-refractivity contribution in [3.05, 3.63) is 42.2 Å². The van der Waals surface area contributed by atoms with Gasteiger partial charge in [0.05, 0.1) is 29.9 Å². The number of methoxy groups -OCH3 is 1. The highest BCUT2D eigenvalue weighted by atomic mass is 35.5. The number of aromatic nitrogens is 3. The second kappa shape index (κ2) is 9.97. The van der Waals surface area contributed by atoms with Gasteiger partial charge in [0.15, 0.2) is 0 Å². The number of fused-ring (bicyclic) bond motifs is 1. The lowest BCUT2D eigenvalue weighted by molar-refractivity contribution is 0.411. The fourth-order valence-corrected chi connectivity index (χ4v) is 2.92. The van der Waals surface area contributed by atoms with E-state index < -0.39 is 0 Å². The Morgan fingerprint density at radius 2 is 1.73 bits per heavy atom. The third-order valence-corrected chi connectivity index (χ3v) is 4.66. The summed E-state index contributed by atoms with van der Waals surface area (Å²) in [5.74, 6) is 0.779. The predicted octanol–water partition coefficient (Wildman–Crippen LogP) is 4.87. The van der Waals surface area contributed by atoms with Gasteiger partial charge >= 0.3 is 0 Å². The number of nitrogens with two attached hydrogens (primary N) is 1. The number of hydrogen-bond acceptors (Lipinski definition) is 4. The summed E-state index contributed by atoms with van der Waals surface area (Å²) in [6.07, 6.45) is 5.41. The Bertz CT molecular complexity index is 817. The smallest absolute Gasteiger partial charge is 0.139 e. The number of ether oxygens (including phenoxy) is 1. The molecule has 0 aliphatic carbocycles. The molecule has 2 aromatic heterocycles. The van der Waals surface area contributed by atoms with Crippen LogP contribution in [0.25, 0.3) is 22.2 Å². The first-order chi connectivity index (χ1) is 11.1. The van der Waals surface area contributed by atoms with Crippen LogP contribution >= 0.6 is 37.2 Å². The van der Waals surface area contributed by atoms with Crippen LogP contribution in [-0.2, 0) is 5.54 Å². The molecule has 5 nitrogen and oxygen atoms in total. The van der Waals surface area contributed by atoms with Crippen molar-refractivity contribution >= 4 is 48.1 Å². The Morgan fingerprint density at radius 1 is 1.04 bits per heavy atom. The van der Waals surface area contributed by atoms with Crippen molar-refractivity contribution in [1.82, 2.24) is 15.2 Å². The predicted molar refractivity (Wildman–Crippen MR) is 114 cm³/mol. The first-order valence-electron chi connectivity index (χ1n) is 7.88. The molecule has 0 aliphatic heterocycles. The molecule has 0 radical (unpaired) electrons. The Hall–Kier alpha value is -1.53. The molecule has 8 heteroatoms. The van der Waals surface area contributed by atoms with Crippen molar-refractivity contribution in [2.45, 2.75) is 32.2 Å². The van der Waals surface area contributed by atoms with Crippen LogP contribution in [0.3, 0.4) is 0 Å². The molecule has 3 aromatic rings. The van der Waals surface area contributed by atoms with Crippen LogP contribution < -0.4 is 10.5 Å². The van der Waals surface area contributed by atoms with E-state index in [1.807, 2.05) is 24.4 Å². The molecule has 2 heterocycles. The maximum absolute atomic E-state index is 6.45. The van der Waals surface area contributed by atoms with E-state index in [9.17, 15) is 0 Å². The topological polar surface area (TPSA) is 76.8 Å². The Labute approximate surface area is 172 Å². The van der Waals surface area contributed by atoms with Gasteiger partial charge in [-0.3, -0.25) is 10.1 Å². The zero-order chi connectivity index (χ0) is 16.4. The van der Waals surface area contributed by atoms with E-state index in [2.05, 4.69) is 35.1 Å². The molecule has 3 N–H and O–H groups in total. The summed E-state index contributed by atoms with van der Waals surface area (Å²) < 4.78 is 5.59. The molecular formula is C18H25Cl3N4O. The number of H-pyrrole nitrogens is 1. The molecule has 0 unspecified atom stereocenters. The standard InChI is InChI=1S/C18H22N4O.3ClH/c1-4-18(19,5-2)12-6-8-15(20-10-12)13-7-9-16-14(11-21-22-16)17(13)23-3;;;/h6-11H,4-5,19H2,1-3H3,(H,21,22);3*1H. The molecular weight excluding hydrogens is 395 g/mol. The van der Waals surface area contributed by atoms with Crippen LogP contribution in [0.4, 0.5) is 0 Å². The van der Waals surface area contributed by atoms with E-state index in [4.69, 9.17) is 10.5 Å². The minimum Gasteiger partial charge on any atom is -0.495 e. The summed E-state index contributed by atoms with van der Waals surface area (Å²) in [5, 5.41) is 7.97. The monoisotopic (exact) mass is 418 g/mol. The normalized spacial score (nSPS) is 10.5. The van der Waals surface area contributed by atoms with Crippen LogP contribution in [0.1, 0.15) is 32.3 Å². The third-order valence-electron chi connectivity index (χ3n) is 4.66. The largest absolute Gasteiger partial charge is 0.495 e. The summed E-state index contributed by atoms with van der Waals surface area (Å²) in [5.41, 5.74) is 9.95. The molecule has 144 valence electrons. The second-order valence-corrected chi connectivity index (χ2v) is 5.77. The van der Waals surface area contributed by atoms with E-state index in [0.29, 0.717) is 0 Å². The first kappa shape index (κ1) is 24.5. The summed E-state index contributed by atoms with van der Waals surface area (Å²) in [4.78, 5) is 4.62. The highest BCUT2D eigenvalue weighted by molar-refractivity contribution is 5.92. The molecule has 0 spiro atoms. The number of halogens is 3. The van der Waals surface area contributed by atoms with Crippen LogP contribution in [0.2, 0.25) is 0 Å². The van der Waals surface area contributed by atoms with Crippen molar-refractivity contribution in [2.24, 2.45) is 5.73 Å². The zero-order valence-electron chi connectivity index (χ0n) is 15.0. The van der Waals surface area contributed by atoms with E-state index in [-0.39, 0.29) is 42.8 Å². The molecule has 26 heavy (non-hydrogen) atoms. The van der Waals surface area contributed by atoms with Crippen LogP contribution in [0.5, 0.6) is 5.75 Å². The summed E-state index contributed by atoms with van der Waals surface area (Å²) in [6.45, 7) is 4.21. The van der Waals surface area contributed by atoms with Gasteiger partial charge in [0.2, 0.25) is 0 Å². The van der Waals surface area contributed by atoms with Crippen molar-refractivity contribution in [3.63, 3.8) is 0 Å². The molecule has 0 saturated carbocycles. The van der Waals surface area contributed by atoms with Gasteiger partial charge in [-0.1, -0.05) is 19.9 Å². The molecule has 0 bridgehead atoms. The Kier molecular flexibility index (Phi) is 9.39. The second-order valence-electron chi connectivity index (χ2n) is 5.77. The highest BCUT2D eigenvalue weighted by Crippen LogP contribution is 2.35. The molecule has 1 aromatic carbocycles. The highest BCUT2D eigenvalue weighted by Gasteiger charge is 2.23. The zero-order valence-corrected chi connectivity index (χ0v) is 17.4. The number of pyridine rings is 1. The van der Waals surface area contributed by atoms with Crippen molar-refractivity contribution in [2.75, 3.05) is 7.11 Å². The van der Waals surface area contributed by atoms with E-state index in [0.717, 1.165) is 46.3 Å². The number of nitrogens with one attached hydrogen (secondary N) is 1. The number of benzene rings is 1. The maximum atomic E-state index is 6.45. The van der Waals surface area contributed by atoms with Gasteiger partial charge in [-0.2, -0.15) is 5.10 Å². The molecule has 0 fully saturated rings. The molecule has 0 aliphatic rings. The molecule has 0 amide bonds. The van der Waals surface area contributed by atoms with Gasteiger partial charge in [0.1, 0.15) is 5.75 Å². The van der Waals surface area contributed by atoms with Crippen molar-refractivity contribution < 1.29 is 4.74 Å². The summed E-state index contributed by atoms with van der Waals surface area (Å²) in [7, 11) is 1.67. The fourth-order valence-electron chi connectivity index (χ4n) is 2.92. The number of hydrogen-bond donors (Lipinski definition) is 2. The third kappa shape index (κ3) is 4.23. The molecule has 3 rings (SSSR count). The van der Waals surface area contributed by atoms with Crippen molar-refractivity contribution in [3.8, 4) is 17.0 Å². The maximum Gasteiger partial charge on any atom is 0.139 e. The quantitative estimate of drug-likeness (QED) is 0.618. The van der Waals surface area contributed by atoms with Gasteiger partial charge in [0, 0.05) is 17.3 Å². The van der Waals surface area contributed by atoms with Gasteiger partial charge in [-0.25, -0.2) is 0 Å². The minimum absolute atomic E-state index is 0. The first-order valence-corrected chi connectivity index (χ1v) is 7.88. The van der Waals surface area contributed by atoms with Gasteiger partial charge in [0.25, 0.3) is 0 Å². The summed E-state index contributed by atoms with van der Waals surface area (Å²) in [6, 6.07) is 8.05. The van der Waals surface area contributed by atoms with Crippen molar-refractivity contribution in [1.29, 1.82) is 0 Å². The lowest BCUT2D eigenvalue weighted by Gasteiger charge is -2.27. The summed E-state index contributed by atoms with van der Waals surface area (Å²) >= 11 is 0. The molecule has 0 saturated heterocycles. The SMILES string of the molecule is CCC(N)(CC)c1ccc(-c2ccc3[nH]ncc3c2OC)nc1.Cl.Cl.Cl. The van der Waals surface area contributed by atoms with Gasteiger partial charge in [-0.15, -0.1) is 37.2 Å². The Balaban J connectivity index is 0.00000208. The van der Waals surface area contributed by atoms with E-state index in [1.54, 1.807) is 13.3 Å². The van der Waals surface area contributed by atoms with Gasteiger partial charge < -0.3 is 10.5 Å². The lowest BCUT2D eigenvalue weighted by Crippen LogP contribution is -2.35. The van der Waals surface area contributed by atoms with Crippen LogP contribution in [-0.4, -0.2) is 22.3 Å². The fraction of sp³-hybridized carbons (Fsp3) is 0.333. The van der Waals surface area contributed by atoms with E-state index >= 15 is 0 Å². The minimum atomic E-state index is -0.315. The average molecular weight is 420 g/mol.